The third kappa shape index (κ3) is 1.96. The largest absolute Gasteiger partial charge is 0.371 e. The van der Waals surface area contributed by atoms with Crippen LogP contribution in [0.4, 0.5) is 5.82 Å². The van der Waals surface area contributed by atoms with Crippen molar-refractivity contribution in [3.63, 3.8) is 0 Å². The minimum Gasteiger partial charge on any atom is -0.371 e. The van der Waals surface area contributed by atoms with Crippen LogP contribution in [-0.4, -0.2) is 44.8 Å². The number of rotatable bonds is 2. The predicted octanol–water partition coefficient (Wildman–Crippen LogP) is 1.28. The Bertz CT molecular complexity index is 573. The summed E-state index contributed by atoms with van der Waals surface area (Å²) in [5.74, 6) is 0.944. The molecular weight excluding hydrogens is 254 g/mol. The molecule has 20 heavy (non-hydrogen) atoms. The van der Waals surface area contributed by atoms with E-state index in [2.05, 4.69) is 24.4 Å². The summed E-state index contributed by atoms with van der Waals surface area (Å²) in [6.45, 7) is 2.65. The number of ether oxygens (including phenoxy) is 1. The van der Waals surface area contributed by atoms with Crippen LogP contribution in [0.3, 0.4) is 0 Å². The normalized spacial score (nSPS) is 29.4. The average molecular weight is 271 g/mol. The van der Waals surface area contributed by atoms with Crippen molar-refractivity contribution in [1.82, 2.24) is 19.5 Å². The highest BCUT2D eigenvalue weighted by molar-refractivity contribution is 5.38. The third-order valence-electron chi connectivity index (χ3n) is 4.33. The number of hydrogen-bond donors (Lipinski definition) is 0. The van der Waals surface area contributed by atoms with Crippen LogP contribution in [0.25, 0.3) is 0 Å². The maximum Gasteiger partial charge on any atom is 0.147 e. The quantitative estimate of drug-likeness (QED) is 0.823. The van der Waals surface area contributed by atoms with Crippen LogP contribution in [0.2, 0.25) is 0 Å². The fourth-order valence-corrected chi connectivity index (χ4v) is 3.28. The van der Waals surface area contributed by atoms with Crippen LogP contribution in [0, 0.1) is 0 Å². The molecule has 2 unspecified atom stereocenters. The van der Waals surface area contributed by atoms with Gasteiger partial charge < -0.3 is 14.2 Å². The van der Waals surface area contributed by atoms with Gasteiger partial charge in [-0.1, -0.05) is 0 Å². The number of aromatic nitrogens is 4. The minimum absolute atomic E-state index is 0.0353. The summed E-state index contributed by atoms with van der Waals surface area (Å²) in [6, 6.07) is 0.402. The molecule has 0 aromatic carbocycles. The van der Waals surface area contributed by atoms with E-state index in [0.29, 0.717) is 6.04 Å². The van der Waals surface area contributed by atoms with Crippen molar-refractivity contribution in [3.8, 4) is 0 Å². The highest BCUT2D eigenvalue weighted by atomic mass is 16.5. The first-order valence-electron chi connectivity index (χ1n) is 6.97. The lowest BCUT2D eigenvalue weighted by Crippen LogP contribution is -2.33. The lowest BCUT2D eigenvalue weighted by Gasteiger charge is -2.23. The van der Waals surface area contributed by atoms with Gasteiger partial charge in [0.2, 0.25) is 0 Å². The van der Waals surface area contributed by atoms with Gasteiger partial charge in [0.05, 0.1) is 30.8 Å². The summed E-state index contributed by atoms with van der Waals surface area (Å²) in [4.78, 5) is 14.9. The number of hydrogen-bond acceptors (Lipinski definition) is 5. The van der Waals surface area contributed by atoms with Gasteiger partial charge in [-0.15, -0.1) is 0 Å². The van der Waals surface area contributed by atoms with Crippen LogP contribution in [0.1, 0.15) is 18.9 Å². The molecule has 4 rings (SSSR count). The van der Waals surface area contributed by atoms with Gasteiger partial charge in [-0.2, -0.15) is 0 Å². The Morgan fingerprint density at radius 2 is 2.25 bits per heavy atom. The Labute approximate surface area is 117 Å². The van der Waals surface area contributed by atoms with Crippen LogP contribution in [0.15, 0.2) is 37.3 Å². The van der Waals surface area contributed by atoms with Crippen LogP contribution in [-0.2, 0) is 4.74 Å². The molecule has 1 spiro atoms. The van der Waals surface area contributed by atoms with E-state index in [4.69, 9.17) is 4.74 Å². The molecule has 4 heterocycles. The summed E-state index contributed by atoms with van der Waals surface area (Å²) >= 11 is 0. The number of nitrogens with zero attached hydrogens (tertiary/aromatic N) is 5. The van der Waals surface area contributed by atoms with E-state index in [0.717, 1.165) is 38.4 Å². The maximum atomic E-state index is 6.15. The van der Waals surface area contributed by atoms with Crippen LogP contribution >= 0.6 is 0 Å². The van der Waals surface area contributed by atoms with E-state index < -0.39 is 0 Å². The van der Waals surface area contributed by atoms with Gasteiger partial charge in [0.15, 0.2) is 0 Å². The Morgan fingerprint density at radius 1 is 1.25 bits per heavy atom. The smallest absolute Gasteiger partial charge is 0.147 e. The summed E-state index contributed by atoms with van der Waals surface area (Å²) in [5.41, 5.74) is -0.0353. The molecule has 0 amide bonds. The van der Waals surface area contributed by atoms with Crippen molar-refractivity contribution < 1.29 is 4.74 Å². The fraction of sp³-hybridized carbons (Fsp3) is 0.500. The molecule has 104 valence electrons. The molecule has 2 atom stereocenters. The van der Waals surface area contributed by atoms with Crippen LogP contribution in [0.5, 0.6) is 0 Å². The molecule has 2 fully saturated rings. The van der Waals surface area contributed by atoms with E-state index >= 15 is 0 Å². The van der Waals surface area contributed by atoms with Crippen molar-refractivity contribution in [1.29, 1.82) is 0 Å². The monoisotopic (exact) mass is 271 g/mol. The molecule has 2 aromatic rings. The Morgan fingerprint density at radius 3 is 3.05 bits per heavy atom. The first-order chi connectivity index (χ1) is 9.85. The van der Waals surface area contributed by atoms with Crippen LogP contribution < -0.4 is 4.90 Å². The number of imidazole rings is 1. The molecule has 2 aromatic heterocycles. The first-order valence-corrected chi connectivity index (χ1v) is 6.97. The molecule has 6 heteroatoms. The van der Waals surface area contributed by atoms with Gasteiger partial charge in [-0.05, 0) is 6.42 Å². The van der Waals surface area contributed by atoms with E-state index in [1.165, 1.54) is 0 Å². The van der Waals surface area contributed by atoms with Crippen molar-refractivity contribution in [2.45, 2.75) is 24.5 Å². The highest BCUT2D eigenvalue weighted by Gasteiger charge is 2.46. The van der Waals surface area contributed by atoms with Gasteiger partial charge in [0.25, 0.3) is 0 Å². The highest BCUT2D eigenvalue weighted by Crippen LogP contribution is 2.40. The average Bonchev–Trinajstić information content (AvgIpc) is 3.22. The Kier molecular flexibility index (Phi) is 2.70. The van der Waals surface area contributed by atoms with Gasteiger partial charge >= 0.3 is 0 Å². The molecule has 0 bridgehead atoms. The Hall–Kier alpha value is -1.95. The molecule has 2 aliphatic heterocycles. The molecule has 2 saturated heterocycles. The second kappa shape index (κ2) is 4.56. The van der Waals surface area contributed by atoms with E-state index in [9.17, 15) is 0 Å². The molecule has 0 saturated carbocycles. The van der Waals surface area contributed by atoms with Gasteiger partial charge in [0.1, 0.15) is 5.82 Å². The van der Waals surface area contributed by atoms with Gasteiger partial charge in [0, 0.05) is 44.3 Å². The summed E-state index contributed by atoms with van der Waals surface area (Å²) in [7, 11) is 0. The zero-order valence-corrected chi connectivity index (χ0v) is 11.2. The topological polar surface area (TPSA) is 56.1 Å². The standard InChI is InChI=1S/C14H17N5O/c1-5-18(13-8-15-2-3-17-13)10-14(1)7-12(9-20-14)19-6-4-16-11-19/h2-4,6,8,11-12H,1,5,7,9-10H2. The van der Waals surface area contributed by atoms with Crippen molar-refractivity contribution >= 4 is 5.82 Å². The van der Waals surface area contributed by atoms with Gasteiger partial charge in [-0.3, -0.25) is 4.98 Å². The van der Waals surface area contributed by atoms with Crippen molar-refractivity contribution in [2.75, 3.05) is 24.6 Å². The van der Waals surface area contributed by atoms with Crippen molar-refractivity contribution in [2.24, 2.45) is 0 Å². The van der Waals surface area contributed by atoms with E-state index in [1.807, 2.05) is 24.9 Å². The molecular formula is C14H17N5O. The minimum atomic E-state index is -0.0353. The summed E-state index contributed by atoms with van der Waals surface area (Å²) in [6.07, 6.45) is 13.1. The molecule has 6 nitrogen and oxygen atoms in total. The Balaban J connectivity index is 1.48. The molecule has 0 N–H and O–H groups in total. The van der Waals surface area contributed by atoms with E-state index in [-0.39, 0.29) is 5.60 Å². The second-order valence-corrected chi connectivity index (χ2v) is 5.60. The maximum absolute atomic E-state index is 6.15. The van der Waals surface area contributed by atoms with E-state index in [1.54, 1.807) is 12.4 Å². The molecule has 2 aliphatic rings. The lowest BCUT2D eigenvalue weighted by molar-refractivity contribution is 0.0220. The zero-order valence-electron chi connectivity index (χ0n) is 11.2. The molecule has 0 aliphatic carbocycles. The summed E-state index contributed by atoms with van der Waals surface area (Å²) in [5, 5.41) is 0. The SMILES string of the molecule is c1cnc(N2CCC3(CC(n4ccnc4)CO3)C2)cn1. The fourth-order valence-electron chi connectivity index (χ4n) is 3.28. The second-order valence-electron chi connectivity index (χ2n) is 5.60. The molecule has 0 radical (unpaired) electrons. The van der Waals surface area contributed by atoms with Gasteiger partial charge in [-0.25, -0.2) is 9.97 Å². The zero-order chi connectivity index (χ0) is 13.4. The third-order valence-corrected chi connectivity index (χ3v) is 4.33. The predicted molar refractivity (Wildman–Crippen MR) is 73.4 cm³/mol. The van der Waals surface area contributed by atoms with Crippen molar-refractivity contribution in [3.05, 3.63) is 37.3 Å². The lowest BCUT2D eigenvalue weighted by atomic mass is 9.97. The summed E-state index contributed by atoms with van der Waals surface area (Å²) < 4.78 is 8.30. The number of anilines is 1. The first kappa shape index (κ1) is 11.8.